The Bertz CT molecular complexity index is 1920. The van der Waals surface area contributed by atoms with E-state index < -0.39 is 0 Å². The summed E-state index contributed by atoms with van der Waals surface area (Å²) in [7, 11) is 0. The lowest BCUT2D eigenvalue weighted by atomic mass is 9.35. The zero-order valence-corrected chi connectivity index (χ0v) is 21.7. The second-order valence-corrected chi connectivity index (χ2v) is 10.8. The first-order valence-corrected chi connectivity index (χ1v) is 13.8. The summed E-state index contributed by atoms with van der Waals surface area (Å²) < 4.78 is 13.2. The van der Waals surface area contributed by atoms with Crippen molar-refractivity contribution in [3.8, 4) is 56.4 Å². The molecule has 2 aliphatic heterocycles. The summed E-state index contributed by atoms with van der Waals surface area (Å²) in [4.78, 5) is 0. The first-order chi connectivity index (χ1) is 19.8. The molecule has 0 bridgehead atoms. The molecule has 186 valence electrons. The molecule has 0 spiro atoms. The van der Waals surface area contributed by atoms with Crippen molar-refractivity contribution in [1.29, 1.82) is 0 Å². The highest BCUT2D eigenvalue weighted by atomic mass is 16.5. The van der Waals surface area contributed by atoms with Gasteiger partial charge in [0.05, 0.1) is 0 Å². The van der Waals surface area contributed by atoms with Gasteiger partial charge in [0.25, 0.3) is 6.71 Å². The molecule has 3 aliphatic rings. The van der Waals surface area contributed by atoms with Crippen LogP contribution in [0.1, 0.15) is 11.1 Å². The molecule has 0 N–H and O–H groups in total. The Kier molecular flexibility index (Phi) is 4.51. The van der Waals surface area contributed by atoms with E-state index in [1.807, 2.05) is 12.1 Å². The van der Waals surface area contributed by atoms with Gasteiger partial charge in [-0.15, -0.1) is 0 Å². The lowest BCUT2D eigenvalue weighted by Gasteiger charge is -2.33. The van der Waals surface area contributed by atoms with Crippen molar-refractivity contribution in [1.82, 2.24) is 0 Å². The van der Waals surface area contributed by atoms with Crippen molar-refractivity contribution in [3.63, 3.8) is 0 Å². The van der Waals surface area contributed by atoms with Gasteiger partial charge in [-0.05, 0) is 86.1 Å². The number of benzene rings is 6. The predicted octanol–water partition coefficient (Wildman–Crippen LogP) is 7.32. The van der Waals surface area contributed by atoms with Gasteiger partial charge in [-0.1, -0.05) is 103 Å². The van der Waals surface area contributed by atoms with Crippen LogP contribution in [0.3, 0.4) is 0 Å². The Morgan fingerprint density at radius 2 is 0.925 bits per heavy atom. The second kappa shape index (κ2) is 8.24. The maximum atomic E-state index is 6.58. The summed E-state index contributed by atoms with van der Waals surface area (Å²) in [6.45, 7) is 0.0909. The molecule has 0 unspecified atom stereocenters. The molecule has 40 heavy (non-hydrogen) atoms. The Morgan fingerprint density at radius 3 is 1.52 bits per heavy atom. The van der Waals surface area contributed by atoms with Gasteiger partial charge in [0.15, 0.2) is 0 Å². The molecule has 2 heterocycles. The highest BCUT2D eigenvalue weighted by Gasteiger charge is 2.40. The van der Waals surface area contributed by atoms with Crippen LogP contribution in [0.5, 0.6) is 23.0 Å². The van der Waals surface area contributed by atoms with Crippen LogP contribution < -0.4 is 25.9 Å². The van der Waals surface area contributed by atoms with Crippen LogP contribution in [0.25, 0.3) is 33.4 Å². The van der Waals surface area contributed by atoms with Crippen LogP contribution in [0.15, 0.2) is 127 Å². The molecule has 0 fully saturated rings. The van der Waals surface area contributed by atoms with E-state index in [9.17, 15) is 0 Å². The number of ether oxygens (including phenoxy) is 2. The molecule has 3 heteroatoms. The molecule has 0 atom stereocenters. The van der Waals surface area contributed by atoms with E-state index in [1.54, 1.807) is 0 Å². The van der Waals surface area contributed by atoms with Crippen molar-refractivity contribution in [2.75, 3.05) is 0 Å². The average molecular weight is 510 g/mol. The second-order valence-electron chi connectivity index (χ2n) is 10.8. The van der Waals surface area contributed by atoms with Crippen LogP contribution in [0, 0.1) is 0 Å². The Hall–Kier alpha value is -5.02. The van der Waals surface area contributed by atoms with Crippen molar-refractivity contribution < 1.29 is 9.47 Å². The largest absolute Gasteiger partial charge is 0.458 e. The van der Waals surface area contributed by atoms with Crippen molar-refractivity contribution in [2.24, 2.45) is 0 Å². The van der Waals surface area contributed by atoms with Crippen LogP contribution in [0.2, 0.25) is 0 Å². The first-order valence-electron chi connectivity index (χ1n) is 13.8. The van der Waals surface area contributed by atoms with Crippen LogP contribution in [-0.4, -0.2) is 6.71 Å². The van der Waals surface area contributed by atoms with Crippen LogP contribution in [-0.2, 0) is 6.42 Å². The van der Waals surface area contributed by atoms with Crippen molar-refractivity contribution in [2.45, 2.75) is 6.42 Å². The molecule has 2 nitrogen and oxygen atoms in total. The van der Waals surface area contributed by atoms with E-state index in [0.717, 1.165) is 40.4 Å². The topological polar surface area (TPSA) is 18.5 Å². The minimum absolute atomic E-state index is 0.0909. The summed E-state index contributed by atoms with van der Waals surface area (Å²) in [5, 5.41) is 0. The monoisotopic (exact) mass is 510 g/mol. The molecule has 0 saturated heterocycles. The van der Waals surface area contributed by atoms with E-state index >= 15 is 0 Å². The number of para-hydroxylation sites is 2. The predicted molar refractivity (Wildman–Crippen MR) is 163 cm³/mol. The summed E-state index contributed by atoms with van der Waals surface area (Å²) in [6, 6.07) is 45.3. The number of hydrogen-bond donors (Lipinski definition) is 0. The fourth-order valence-electron chi connectivity index (χ4n) is 6.94. The highest BCUT2D eigenvalue weighted by molar-refractivity contribution is 6.98. The summed E-state index contributed by atoms with van der Waals surface area (Å²) in [5.41, 5.74) is 13.8. The Morgan fingerprint density at radius 1 is 0.425 bits per heavy atom. The van der Waals surface area contributed by atoms with Gasteiger partial charge in [0, 0.05) is 5.46 Å². The van der Waals surface area contributed by atoms with Gasteiger partial charge in [0.2, 0.25) is 0 Å². The molecule has 0 amide bonds. The normalized spacial score (nSPS) is 13.2. The minimum Gasteiger partial charge on any atom is -0.458 e. The molecule has 6 aromatic rings. The summed E-state index contributed by atoms with van der Waals surface area (Å²) in [6.07, 6.45) is 0.897. The maximum Gasteiger partial charge on any atom is 0.260 e. The van der Waals surface area contributed by atoms with Crippen molar-refractivity contribution in [3.05, 3.63) is 139 Å². The summed E-state index contributed by atoms with van der Waals surface area (Å²) >= 11 is 0. The smallest absolute Gasteiger partial charge is 0.260 e. The van der Waals surface area contributed by atoms with Gasteiger partial charge in [-0.3, -0.25) is 0 Å². The van der Waals surface area contributed by atoms with E-state index in [0.29, 0.717) is 0 Å². The molecule has 0 aromatic heterocycles. The number of rotatable bonds is 2. The van der Waals surface area contributed by atoms with Crippen LogP contribution in [0.4, 0.5) is 0 Å². The van der Waals surface area contributed by atoms with Crippen molar-refractivity contribution >= 4 is 23.1 Å². The van der Waals surface area contributed by atoms with E-state index in [4.69, 9.17) is 9.47 Å². The fraction of sp³-hybridized carbons (Fsp3) is 0.0270. The molecular weight excluding hydrogens is 487 g/mol. The van der Waals surface area contributed by atoms with Gasteiger partial charge in [-0.2, -0.15) is 0 Å². The molecule has 0 radical (unpaired) electrons. The third kappa shape index (κ3) is 3.06. The third-order valence-corrected chi connectivity index (χ3v) is 8.68. The minimum atomic E-state index is 0.0909. The lowest BCUT2D eigenvalue weighted by molar-refractivity contribution is 0.465. The summed E-state index contributed by atoms with van der Waals surface area (Å²) in [5.74, 6) is 3.59. The zero-order chi connectivity index (χ0) is 26.2. The van der Waals surface area contributed by atoms with Crippen LogP contribution >= 0.6 is 0 Å². The molecule has 9 rings (SSSR count). The molecular formula is C37H23BO2. The number of fused-ring (bicyclic) bond motifs is 7. The van der Waals surface area contributed by atoms with Gasteiger partial charge in [-0.25, -0.2) is 0 Å². The maximum absolute atomic E-state index is 6.58. The van der Waals surface area contributed by atoms with E-state index in [1.165, 1.54) is 49.9 Å². The Balaban J connectivity index is 1.22. The standard InChI is InChI=1S/C37H23BO2/c1-2-10-23(11-3-1)25-12-8-14-27-28-15-9-13-26(30(28)22-29(25)27)24-20-35-37-36(21-24)40-34-19-7-5-17-32(34)38(37)31-16-4-6-18-33(31)39-35/h1-21H,22H2. The van der Waals surface area contributed by atoms with E-state index in [2.05, 4.69) is 115 Å². The van der Waals surface area contributed by atoms with Gasteiger partial charge in [0.1, 0.15) is 23.0 Å². The van der Waals surface area contributed by atoms with Gasteiger partial charge < -0.3 is 9.47 Å². The fourth-order valence-corrected chi connectivity index (χ4v) is 6.94. The number of hydrogen-bond acceptors (Lipinski definition) is 2. The lowest BCUT2D eigenvalue weighted by Crippen LogP contribution is -2.57. The third-order valence-electron chi connectivity index (χ3n) is 8.68. The van der Waals surface area contributed by atoms with Gasteiger partial charge >= 0.3 is 0 Å². The molecule has 6 aromatic carbocycles. The molecule has 1 aliphatic carbocycles. The van der Waals surface area contributed by atoms with E-state index in [-0.39, 0.29) is 6.71 Å². The zero-order valence-electron chi connectivity index (χ0n) is 21.7. The quantitative estimate of drug-likeness (QED) is 0.227. The molecule has 0 saturated carbocycles. The Labute approximate surface area is 233 Å². The SMILES string of the molecule is c1ccc(-c2cccc3c2Cc2c(-c4cc5c6c(c4)Oc4ccccc4B6c4ccccc4O5)cccc2-3)cc1. The first kappa shape index (κ1) is 21.9. The average Bonchev–Trinajstić information content (AvgIpc) is 3.40. The highest BCUT2D eigenvalue weighted by Crippen LogP contribution is 2.46.